The summed E-state index contributed by atoms with van der Waals surface area (Å²) in [7, 11) is 1.44. The van der Waals surface area contributed by atoms with Gasteiger partial charge in [-0.2, -0.15) is 0 Å². The van der Waals surface area contributed by atoms with Crippen molar-refractivity contribution in [2.45, 2.75) is 12.8 Å². The number of hydrogen-bond donors (Lipinski definition) is 1. The smallest absolute Gasteiger partial charge is 0.305 e. The predicted octanol–water partition coefficient (Wildman–Crippen LogP) is -4.16. The molecule has 1 rings (SSSR count). The van der Waals surface area contributed by atoms with E-state index in [1.165, 1.54) is 20.2 Å². The summed E-state index contributed by atoms with van der Waals surface area (Å²) in [6.07, 6.45) is 1.56. The lowest BCUT2D eigenvalue weighted by atomic mass is 10.3. The fraction of sp³-hybridized carbons (Fsp3) is 0.857. The highest BCUT2D eigenvalue weighted by atomic mass is 127. The molecule has 1 N–H and O–H groups in total. The quantitative estimate of drug-likeness (QED) is 0.320. The molecule has 1 aliphatic rings. The number of carbonyl (C=O) groups is 1. The molecular formula is C7H14INO2. The SMILES string of the molecule is COC(=O)CCC[NH+]1CC1.[I-]. The van der Waals surface area contributed by atoms with Gasteiger partial charge in [0.1, 0.15) is 13.1 Å². The molecule has 0 radical (unpaired) electrons. The molecule has 0 aromatic heterocycles. The van der Waals surface area contributed by atoms with Gasteiger partial charge in [0.05, 0.1) is 20.1 Å². The summed E-state index contributed by atoms with van der Waals surface area (Å²) < 4.78 is 4.50. The summed E-state index contributed by atoms with van der Waals surface area (Å²) in [5, 5.41) is 0. The molecule has 0 unspecified atom stereocenters. The van der Waals surface area contributed by atoms with Crippen molar-refractivity contribution in [1.82, 2.24) is 0 Å². The Balaban J connectivity index is 0.000001000. The highest BCUT2D eigenvalue weighted by Crippen LogP contribution is 1.88. The molecule has 1 aliphatic heterocycles. The van der Waals surface area contributed by atoms with E-state index < -0.39 is 0 Å². The van der Waals surface area contributed by atoms with Crippen LogP contribution in [0, 0.1) is 0 Å². The first-order valence-electron chi connectivity index (χ1n) is 3.73. The van der Waals surface area contributed by atoms with Gasteiger partial charge in [-0.1, -0.05) is 0 Å². The van der Waals surface area contributed by atoms with Gasteiger partial charge in [0.15, 0.2) is 0 Å². The standard InChI is InChI=1S/C7H13NO2.HI/c1-10-7(9)3-2-4-8-5-6-8;/h2-6H2,1H3;1H. The van der Waals surface area contributed by atoms with Crippen LogP contribution in [-0.2, 0) is 9.53 Å². The number of carbonyl (C=O) groups excluding carboxylic acids is 1. The van der Waals surface area contributed by atoms with Gasteiger partial charge in [-0.05, 0) is 0 Å². The maximum absolute atomic E-state index is 10.6. The summed E-state index contributed by atoms with van der Waals surface area (Å²) in [4.78, 5) is 12.2. The van der Waals surface area contributed by atoms with Gasteiger partial charge >= 0.3 is 5.97 Å². The number of nitrogens with one attached hydrogen (secondary N) is 1. The maximum Gasteiger partial charge on any atom is 0.305 e. The highest BCUT2D eigenvalue weighted by molar-refractivity contribution is 5.68. The van der Waals surface area contributed by atoms with Crippen molar-refractivity contribution in [2.24, 2.45) is 0 Å². The number of hydrogen-bond acceptors (Lipinski definition) is 2. The second kappa shape index (κ2) is 5.77. The van der Waals surface area contributed by atoms with Crippen molar-refractivity contribution in [1.29, 1.82) is 0 Å². The van der Waals surface area contributed by atoms with Gasteiger partial charge in [0.25, 0.3) is 0 Å². The molecule has 0 spiro atoms. The van der Waals surface area contributed by atoms with Crippen LogP contribution in [0.2, 0.25) is 0 Å². The molecular weight excluding hydrogens is 257 g/mol. The summed E-state index contributed by atoms with van der Waals surface area (Å²) in [6, 6.07) is 0. The van der Waals surface area contributed by atoms with E-state index in [4.69, 9.17) is 0 Å². The van der Waals surface area contributed by atoms with Crippen molar-refractivity contribution in [3.8, 4) is 0 Å². The first kappa shape index (κ1) is 11.2. The zero-order valence-electron chi connectivity index (χ0n) is 6.73. The molecule has 3 nitrogen and oxygen atoms in total. The summed E-state index contributed by atoms with van der Waals surface area (Å²) in [5.74, 6) is -0.0822. The predicted molar refractivity (Wildman–Crippen MR) is 36.8 cm³/mol. The van der Waals surface area contributed by atoms with Gasteiger partial charge in [0, 0.05) is 6.42 Å². The Bertz CT molecular complexity index is 126. The van der Waals surface area contributed by atoms with Crippen LogP contribution in [0.4, 0.5) is 0 Å². The third kappa shape index (κ3) is 5.43. The van der Waals surface area contributed by atoms with Gasteiger partial charge < -0.3 is 33.6 Å². The third-order valence-corrected chi connectivity index (χ3v) is 1.74. The van der Waals surface area contributed by atoms with Gasteiger partial charge in [-0.15, -0.1) is 0 Å². The van der Waals surface area contributed by atoms with Gasteiger partial charge in [0.2, 0.25) is 0 Å². The van der Waals surface area contributed by atoms with Gasteiger partial charge in [-0.3, -0.25) is 4.79 Å². The second-order valence-corrected chi connectivity index (χ2v) is 2.68. The topological polar surface area (TPSA) is 30.7 Å². The van der Waals surface area contributed by atoms with E-state index in [2.05, 4.69) is 4.74 Å². The van der Waals surface area contributed by atoms with Crippen LogP contribution in [0.5, 0.6) is 0 Å². The van der Waals surface area contributed by atoms with Crippen LogP contribution >= 0.6 is 0 Å². The molecule has 4 heteroatoms. The molecule has 0 bridgehead atoms. The Labute approximate surface area is 84.1 Å². The Kier molecular flexibility index (Phi) is 5.85. The largest absolute Gasteiger partial charge is 1.00 e. The Morgan fingerprint density at radius 2 is 2.18 bits per heavy atom. The molecule has 0 atom stereocenters. The normalized spacial score (nSPS) is 15.4. The lowest BCUT2D eigenvalue weighted by Crippen LogP contribution is -3.00. The third-order valence-electron chi connectivity index (χ3n) is 1.74. The van der Waals surface area contributed by atoms with Crippen LogP contribution < -0.4 is 28.9 Å². The zero-order valence-corrected chi connectivity index (χ0v) is 8.89. The number of rotatable bonds is 4. The minimum Gasteiger partial charge on any atom is -1.00 e. The first-order chi connectivity index (χ1) is 4.83. The molecule has 11 heavy (non-hydrogen) atoms. The van der Waals surface area contributed by atoms with E-state index in [0.717, 1.165) is 13.0 Å². The van der Waals surface area contributed by atoms with E-state index in [-0.39, 0.29) is 29.9 Å². The molecule has 0 aromatic carbocycles. The number of ether oxygens (including phenoxy) is 1. The maximum atomic E-state index is 10.6. The fourth-order valence-corrected chi connectivity index (χ4v) is 0.923. The first-order valence-corrected chi connectivity index (χ1v) is 3.73. The summed E-state index contributed by atoms with van der Waals surface area (Å²) >= 11 is 0. The second-order valence-electron chi connectivity index (χ2n) is 2.68. The van der Waals surface area contributed by atoms with Crippen LogP contribution in [0.25, 0.3) is 0 Å². The van der Waals surface area contributed by atoms with Gasteiger partial charge in [-0.25, -0.2) is 0 Å². The van der Waals surface area contributed by atoms with Crippen LogP contribution in [0.1, 0.15) is 12.8 Å². The monoisotopic (exact) mass is 271 g/mol. The van der Waals surface area contributed by atoms with Crippen molar-refractivity contribution >= 4 is 5.97 Å². The van der Waals surface area contributed by atoms with Crippen molar-refractivity contribution in [2.75, 3.05) is 26.7 Å². The zero-order chi connectivity index (χ0) is 7.40. The molecule has 1 fully saturated rings. The van der Waals surface area contributed by atoms with Crippen LogP contribution in [-0.4, -0.2) is 32.7 Å². The Morgan fingerprint density at radius 3 is 2.64 bits per heavy atom. The minimum atomic E-state index is -0.0822. The summed E-state index contributed by atoms with van der Waals surface area (Å²) in [6.45, 7) is 3.72. The number of methoxy groups -OCH3 is 1. The molecule has 0 amide bonds. The van der Waals surface area contributed by atoms with E-state index in [1.54, 1.807) is 4.90 Å². The highest BCUT2D eigenvalue weighted by Gasteiger charge is 2.21. The molecule has 1 saturated heterocycles. The van der Waals surface area contributed by atoms with Crippen molar-refractivity contribution in [3.05, 3.63) is 0 Å². The average Bonchev–Trinajstić information content (AvgIpc) is 2.71. The molecule has 1 heterocycles. The number of quaternary nitrogens is 1. The molecule has 0 aromatic rings. The molecule has 66 valence electrons. The molecule has 0 aliphatic carbocycles. The van der Waals surface area contributed by atoms with Crippen LogP contribution in [0.3, 0.4) is 0 Å². The Hall–Kier alpha value is 0.160. The van der Waals surface area contributed by atoms with E-state index in [0.29, 0.717) is 6.42 Å². The molecule has 0 saturated carbocycles. The van der Waals surface area contributed by atoms with Crippen molar-refractivity contribution in [3.63, 3.8) is 0 Å². The lowest BCUT2D eigenvalue weighted by Gasteiger charge is -1.96. The number of esters is 1. The lowest BCUT2D eigenvalue weighted by molar-refractivity contribution is -0.758. The van der Waals surface area contributed by atoms with E-state index in [9.17, 15) is 4.79 Å². The van der Waals surface area contributed by atoms with E-state index >= 15 is 0 Å². The Morgan fingerprint density at radius 1 is 1.55 bits per heavy atom. The minimum absolute atomic E-state index is 0. The summed E-state index contributed by atoms with van der Waals surface area (Å²) in [5.41, 5.74) is 0. The number of halogens is 1. The average molecular weight is 271 g/mol. The fourth-order valence-electron chi connectivity index (χ4n) is 0.923. The van der Waals surface area contributed by atoms with Crippen molar-refractivity contribution < 1.29 is 38.4 Å². The van der Waals surface area contributed by atoms with Crippen LogP contribution in [0.15, 0.2) is 0 Å². The van der Waals surface area contributed by atoms with E-state index in [1.807, 2.05) is 0 Å².